The van der Waals surface area contributed by atoms with Crippen LogP contribution in [0.25, 0.3) is 28.0 Å². The van der Waals surface area contributed by atoms with Gasteiger partial charge in [0.2, 0.25) is 5.95 Å². The number of benzene rings is 1. The Bertz CT molecular complexity index is 1330. The maximum absolute atomic E-state index is 14.9. The maximum Gasteiger partial charge on any atom is 0.338 e. The lowest BCUT2D eigenvalue weighted by Crippen LogP contribution is -2.02. The molecule has 4 aromatic rings. The zero-order chi connectivity index (χ0) is 21.6. The third-order valence-electron chi connectivity index (χ3n) is 4.60. The van der Waals surface area contributed by atoms with Crippen molar-refractivity contribution in [2.24, 2.45) is 7.05 Å². The van der Waals surface area contributed by atoms with Crippen LogP contribution >= 0.6 is 0 Å². The molecule has 10 heteroatoms. The lowest BCUT2D eigenvalue weighted by atomic mass is 9.98. The molecule has 0 saturated carbocycles. The number of hydrogen-bond acceptors (Lipinski definition) is 5. The fourth-order valence-electron chi connectivity index (χ4n) is 3.25. The number of carbonyl (C=O) groups excluding carboxylic acids is 2. The van der Waals surface area contributed by atoms with Crippen LogP contribution < -0.4 is 0 Å². The topological polar surface area (TPSA) is 78.5 Å². The second-order valence-corrected chi connectivity index (χ2v) is 6.39. The Kier molecular flexibility index (Phi) is 4.61. The standard InChI is InChI=1S/C20H13F3N4O3/c1-26-8-12(19(23)25-26)11-3-4-13(21)17(22)16(11)18-14(9-28)27-6-5-10(20(29)30-2)7-15(27)24-18/h3-9H,1-2H3. The van der Waals surface area contributed by atoms with E-state index in [1.807, 2.05) is 0 Å². The molecule has 0 amide bonds. The summed E-state index contributed by atoms with van der Waals surface area (Å²) in [5, 5.41) is 3.59. The minimum atomic E-state index is -1.30. The summed E-state index contributed by atoms with van der Waals surface area (Å²) in [4.78, 5) is 27.8. The monoisotopic (exact) mass is 414 g/mol. The summed E-state index contributed by atoms with van der Waals surface area (Å²) < 4.78 is 50.5. The van der Waals surface area contributed by atoms with Crippen LogP contribution in [0, 0.1) is 17.6 Å². The van der Waals surface area contributed by atoms with Crippen molar-refractivity contribution in [3.8, 4) is 22.4 Å². The highest BCUT2D eigenvalue weighted by molar-refractivity contribution is 5.94. The highest BCUT2D eigenvalue weighted by atomic mass is 19.2. The average Bonchev–Trinajstić information content (AvgIpc) is 3.27. The van der Waals surface area contributed by atoms with Crippen LogP contribution in [0.2, 0.25) is 0 Å². The largest absolute Gasteiger partial charge is 0.465 e. The molecule has 0 fully saturated rings. The first-order chi connectivity index (χ1) is 14.3. The zero-order valence-corrected chi connectivity index (χ0v) is 15.7. The van der Waals surface area contributed by atoms with Gasteiger partial charge in [0.1, 0.15) is 17.0 Å². The van der Waals surface area contributed by atoms with Crippen molar-refractivity contribution in [3.05, 3.63) is 65.5 Å². The Morgan fingerprint density at radius 3 is 2.57 bits per heavy atom. The summed E-state index contributed by atoms with van der Waals surface area (Å²) in [7, 11) is 2.68. The van der Waals surface area contributed by atoms with Gasteiger partial charge in [-0.1, -0.05) is 6.07 Å². The van der Waals surface area contributed by atoms with Crippen LogP contribution in [0.15, 0.2) is 36.7 Å². The number of fused-ring (bicyclic) bond motifs is 1. The van der Waals surface area contributed by atoms with E-state index in [2.05, 4.69) is 14.8 Å². The molecular weight excluding hydrogens is 401 g/mol. The molecule has 30 heavy (non-hydrogen) atoms. The van der Waals surface area contributed by atoms with Gasteiger partial charge in [-0.25, -0.2) is 18.6 Å². The molecule has 0 N–H and O–H groups in total. The molecule has 0 bridgehead atoms. The molecule has 0 spiro atoms. The third-order valence-corrected chi connectivity index (χ3v) is 4.60. The van der Waals surface area contributed by atoms with E-state index in [4.69, 9.17) is 0 Å². The number of imidazole rings is 1. The van der Waals surface area contributed by atoms with Crippen molar-refractivity contribution in [1.29, 1.82) is 0 Å². The molecule has 0 aliphatic heterocycles. The Morgan fingerprint density at radius 2 is 1.93 bits per heavy atom. The molecule has 0 saturated heterocycles. The SMILES string of the molecule is COC(=O)c1ccn2c(C=O)c(-c3c(-c4cn(C)nc4F)ccc(F)c3F)nc2c1. The number of halogens is 3. The molecule has 152 valence electrons. The summed E-state index contributed by atoms with van der Waals surface area (Å²) >= 11 is 0. The van der Waals surface area contributed by atoms with Gasteiger partial charge >= 0.3 is 5.97 Å². The molecule has 0 radical (unpaired) electrons. The molecular formula is C20H13F3N4O3. The Balaban J connectivity index is 2.05. The van der Waals surface area contributed by atoms with E-state index in [0.29, 0.717) is 6.29 Å². The second-order valence-electron chi connectivity index (χ2n) is 6.39. The average molecular weight is 414 g/mol. The number of methoxy groups -OCH3 is 1. The lowest BCUT2D eigenvalue weighted by molar-refractivity contribution is 0.0600. The number of esters is 1. The number of carbonyl (C=O) groups is 2. The van der Waals surface area contributed by atoms with Crippen molar-refractivity contribution in [2.75, 3.05) is 7.11 Å². The fraction of sp³-hybridized carbons (Fsp3) is 0.100. The van der Waals surface area contributed by atoms with Gasteiger partial charge in [-0.3, -0.25) is 13.9 Å². The van der Waals surface area contributed by atoms with Gasteiger partial charge in [-0.05, 0) is 18.2 Å². The molecule has 0 aliphatic rings. The van der Waals surface area contributed by atoms with Crippen molar-refractivity contribution < 1.29 is 27.5 Å². The number of aldehydes is 1. The Morgan fingerprint density at radius 1 is 1.17 bits per heavy atom. The number of ether oxygens (including phenoxy) is 1. The molecule has 0 atom stereocenters. The van der Waals surface area contributed by atoms with E-state index in [0.717, 1.165) is 6.07 Å². The molecule has 3 heterocycles. The molecule has 0 unspecified atom stereocenters. The van der Waals surface area contributed by atoms with Crippen molar-refractivity contribution in [2.45, 2.75) is 0 Å². The minimum absolute atomic E-state index is 0.0285. The zero-order valence-electron chi connectivity index (χ0n) is 15.7. The van der Waals surface area contributed by atoms with Gasteiger partial charge in [0, 0.05) is 30.6 Å². The van der Waals surface area contributed by atoms with Gasteiger partial charge < -0.3 is 4.74 Å². The summed E-state index contributed by atoms with van der Waals surface area (Å²) in [6, 6.07) is 4.77. The van der Waals surface area contributed by atoms with Crippen molar-refractivity contribution in [3.63, 3.8) is 0 Å². The summed E-state index contributed by atoms with van der Waals surface area (Å²) in [6.07, 6.45) is 3.10. The predicted octanol–water partition coefficient (Wildman–Crippen LogP) is 3.42. The summed E-state index contributed by atoms with van der Waals surface area (Å²) in [6.45, 7) is 0. The van der Waals surface area contributed by atoms with Gasteiger partial charge in [0.25, 0.3) is 0 Å². The molecule has 4 rings (SSSR count). The van der Waals surface area contributed by atoms with Crippen LogP contribution in [0.1, 0.15) is 20.8 Å². The van der Waals surface area contributed by atoms with E-state index >= 15 is 0 Å². The maximum atomic E-state index is 14.9. The normalized spacial score (nSPS) is 11.1. The molecule has 3 aromatic heterocycles. The second kappa shape index (κ2) is 7.14. The van der Waals surface area contributed by atoms with Crippen LogP contribution in [0.3, 0.4) is 0 Å². The third kappa shape index (κ3) is 2.93. The van der Waals surface area contributed by atoms with E-state index in [-0.39, 0.29) is 33.7 Å². The molecule has 1 aromatic carbocycles. The van der Waals surface area contributed by atoms with Crippen molar-refractivity contribution >= 4 is 17.9 Å². The van der Waals surface area contributed by atoms with E-state index < -0.39 is 29.1 Å². The Labute approximate surface area is 167 Å². The number of hydrogen-bond donors (Lipinski definition) is 0. The van der Waals surface area contributed by atoms with Gasteiger partial charge in [-0.15, -0.1) is 5.10 Å². The van der Waals surface area contributed by atoms with Crippen LogP contribution in [-0.2, 0) is 11.8 Å². The number of aromatic nitrogens is 4. The van der Waals surface area contributed by atoms with Crippen LogP contribution in [-0.4, -0.2) is 38.5 Å². The quantitative estimate of drug-likeness (QED) is 0.378. The van der Waals surface area contributed by atoms with Gasteiger partial charge in [0.15, 0.2) is 17.9 Å². The van der Waals surface area contributed by atoms with E-state index in [9.17, 15) is 22.8 Å². The highest BCUT2D eigenvalue weighted by Gasteiger charge is 2.26. The first-order valence-corrected chi connectivity index (χ1v) is 8.59. The first-order valence-electron chi connectivity index (χ1n) is 8.59. The number of aryl methyl sites for hydroxylation is 1. The number of nitrogens with zero attached hydrogens (tertiary/aromatic N) is 4. The molecule has 7 nitrogen and oxygen atoms in total. The van der Waals surface area contributed by atoms with Crippen LogP contribution in [0.4, 0.5) is 13.2 Å². The lowest BCUT2D eigenvalue weighted by Gasteiger charge is -2.09. The summed E-state index contributed by atoms with van der Waals surface area (Å²) in [5.74, 6) is -4.02. The van der Waals surface area contributed by atoms with E-state index in [1.54, 1.807) is 0 Å². The fourth-order valence-corrected chi connectivity index (χ4v) is 3.25. The van der Waals surface area contributed by atoms with Crippen molar-refractivity contribution in [1.82, 2.24) is 19.2 Å². The van der Waals surface area contributed by atoms with E-state index in [1.165, 1.54) is 53.8 Å². The number of pyridine rings is 1. The van der Waals surface area contributed by atoms with Crippen LogP contribution in [0.5, 0.6) is 0 Å². The van der Waals surface area contributed by atoms with Gasteiger partial charge in [-0.2, -0.15) is 4.39 Å². The number of rotatable bonds is 4. The highest BCUT2D eigenvalue weighted by Crippen LogP contribution is 2.37. The smallest absolute Gasteiger partial charge is 0.338 e. The predicted molar refractivity (Wildman–Crippen MR) is 99.4 cm³/mol. The first kappa shape index (κ1) is 19.4. The Hall–Kier alpha value is -3.95. The summed E-state index contributed by atoms with van der Waals surface area (Å²) in [5.41, 5.74) is -0.547. The minimum Gasteiger partial charge on any atom is -0.465 e. The molecule has 0 aliphatic carbocycles. The van der Waals surface area contributed by atoms with Gasteiger partial charge in [0.05, 0.1) is 18.2 Å².